The van der Waals surface area contributed by atoms with E-state index in [1.54, 1.807) is 0 Å². The van der Waals surface area contributed by atoms with Crippen LogP contribution in [0.1, 0.15) is 52.4 Å². The zero-order valence-electron chi connectivity index (χ0n) is 12.7. The lowest BCUT2D eigenvalue weighted by Gasteiger charge is -2.34. The van der Waals surface area contributed by atoms with Crippen LogP contribution in [-0.4, -0.2) is 42.0 Å². The van der Waals surface area contributed by atoms with Crippen LogP contribution in [0, 0.1) is 5.92 Å². The molecule has 0 bridgehead atoms. The number of carbonyl (C=O) groups is 2. The molecule has 1 saturated carbocycles. The first kappa shape index (κ1) is 15.3. The van der Waals surface area contributed by atoms with E-state index in [4.69, 9.17) is 0 Å². The van der Waals surface area contributed by atoms with Gasteiger partial charge in [0, 0.05) is 12.6 Å². The first-order chi connectivity index (χ1) is 9.56. The van der Waals surface area contributed by atoms with Gasteiger partial charge in [0.15, 0.2) is 0 Å². The lowest BCUT2D eigenvalue weighted by molar-refractivity contribution is -0.125. The number of piperidine rings is 1. The standard InChI is InChI=1S/C15H27N3O2/c1-11-6-5-9-18(10-11)12(2)14(19)17-15(20)16-13-7-3-4-8-13/h11-13H,3-10H2,1-2H3,(H2,16,17,19,20)/t11-,12-/m1/s1. The summed E-state index contributed by atoms with van der Waals surface area (Å²) >= 11 is 0. The Balaban J connectivity index is 1.76. The Morgan fingerprint density at radius 1 is 1.15 bits per heavy atom. The van der Waals surface area contributed by atoms with Crippen molar-refractivity contribution < 1.29 is 9.59 Å². The fourth-order valence-electron chi connectivity index (χ4n) is 3.25. The molecule has 5 heteroatoms. The molecule has 0 unspecified atom stereocenters. The van der Waals surface area contributed by atoms with Crippen LogP contribution >= 0.6 is 0 Å². The average Bonchev–Trinajstić information content (AvgIpc) is 2.90. The molecule has 2 fully saturated rings. The number of carbonyl (C=O) groups excluding carboxylic acids is 2. The Morgan fingerprint density at radius 2 is 1.85 bits per heavy atom. The summed E-state index contributed by atoms with van der Waals surface area (Å²) in [5.74, 6) is 0.445. The Bertz CT molecular complexity index is 353. The van der Waals surface area contributed by atoms with Crippen molar-refractivity contribution in [3.8, 4) is 0 Å². The molecule has 2 N–H and O–H groups in total. The number of hydrogen-bond acceptors (Lipinski definition) is 3. The first-order valence-electron chi connectivity index (χ1n) is 7.91. The van der Waals surface area contributed by atoms with E-state index in [1.807, 2.05) is 6.92 Å². The second kappa shape index (κ2) is 7.07. The molecule has 0 aromatic heterocycles. The van der Waals surface area contributed by atoms with Gasteiger partial charge in [-0.05, 0) is 45.1 Å². The topological polar surface area (TPSA) is 61.4 Å². The van der Waals surface area contributed by atoms with E-state index in [0.29, 0.717) is 5.92 Å². The highest BCUT2D eigenvalue weighted by Gasteiger charge is 2.27. The van der Waals surface area contributed by atoms with Gasteiger partial charge in [-0.15, -0.1) is 0 Å². The monoisotopic (exact) mass is 281 g/mol. The van der Waals surface area contributed by atoms with Gasteiger partial charge in [-0.3, -0.25) is 15.0 Å². The number of imide groups is 1. The molecule has 0 aromatic carbocycles. The van der Waals surface area contributed by atoms with Gasteiger partial charge in [0.05, 0.1) is 6.04 Å². The molecule has 114 valence electrons. The molecule has 0 aromatic rings. The highest BCUT2D eigenvalue weighted by molar-refractivity contribution is 5.96. The Labute approximate surface area is 121 Å². The van der Waals surface area contributed by atoms with Gasteiger partial charge < -0.3 is 5.32 Å². The van der Waals surface area contributed by atoms with Crippen LogP contribution in [0.25, 0.3) is 0 Å². The predicted molar refractivity (Wildman–Crippen MR) is 78.4 cm³/mol. The number of urea groups is 1. The minimum absolute atomic E-state index is 0.186. The van der Waals surface area contributed by atoms with E-state index >= 15 is 0 Å². The maximum atomic E-state index is 12.1. The third-order valence-corrected chi connectivity index (χ3v) is 4.54. The maximum absolute atomic E-state index is 12.1. The zero-order valence-corrected chi connectivity index (χ0v) is 12.7. The second-order valence-electron chi connectivity index (χ2n) is 6.36. The van der Waals surface area contributed by atoms with Gasteiger partial charge in [-0.2, -0.15) is 0 Å². The third kappa shape index (κ3) is 4.20. The van der Waals surface area contributed by atoms with E-state index in [9.17, 15) is 9.59 Å². The highest BCUT2D eigenvalue weighted by Crippen LogP contribution is 2.18. The van der Waals surface area contributed by atoms with Gasteiger partial charge in [0.2, 0.25) is 5.91 Å². The lowest BCUT2D eigenvalue weighted by Crippen LogP contribution is -2.52. The SMILES string of the molecule is C[C@@H]1CCCN([C@H](C)C(=O)NC(=O)NC2CCCC2)C1. The van der Waals surface area contributed by atoms with Crippen LogP contribution < -0.4 is 10.6 Å². The number of likely N-dealkylation sites (tertiary alicyclic amines) is 1. The fourth-order valence-corrected chi connectivity index (χ4v) is 3.25. The Kier molecular flexibility index (Phi) is 5.40. The van der Waals surface area contributed by atoms with Crippen molar-refractivity contribution in [1.29, 1.82) is 0 Å². The van der Waals surface area contributed by atoms with Crippen LogP contribution in [0.15, 0.2) is 0 Å². The van der Waals surface area contributed by atoms with Gasteiger partial charge in [-0.25, -0.2) is 4.79 Å². The minimum atomic E-state index is -0.334. The van der Waals surface area contributed by atoms with Crippen molar-refractivity contribution in [3.63, 3.8) is 0 Å². The quantitative estimate of drug-likeness (QED) is 0.830. The zero-order chi connectivity index (χ0) is 14.5. The molecular weight excluding hydrogens is 254 g/mol. The minimum Gasteiger partial charge on any atom is -0.335 e. The van der Waals surface area contributed by atoms with Crippen molar-refractivity contribution in [2.24, 2.45) is 5.92 Å². The van der Waals surface area contributed by atoms with E-state index in [1.165, 1.54) is 19.3 Å². The van der Waals surface area contributed by atoms with Crippen LogP contribution in [0.2, 0.25) is 0 Å². The predicted octanol–water partition coefficient (Wildman–Crippen LogP) is 1.88. The molecule has 0 radical (unpaired) electrons. The van der Waals surface area contributed by atoms with Crippen LogP contribution in [0.3, 0.4) is 0 Å². The molecule has 20 heavy (non-hydrogen) atoms. The summed E-state index contributed by atoms with van der Waals surface area (Å²) < 4.78 is 0. The summed E-state index contributed by atoms with van der Waals surface area (Å²) in [6, 6.07) is -0.320. The summed E-state index contributed by atoms with van der Waals surface area (Å²) in [5, 5.41) is 5.38. The molecule has 5 nitrogen and oxygen atoms in total. The van der Waals surface area contributed by atoms with E-state index in [0.717, 1.165) is 32.4 Å². The lowest BCUT2D eigenvalue weighted by atomic mass is 9.99. The molecule has 2 aliphatic rings. The molecule has 2 rings (SSSR count). The smallest absolute Gasteiger partial charge is 0.321 e. The summed E-state index contributed by atoms with van der Waals surface area (Å²) in [5.41, 5.74) is 0. The van der Waals surface area contributed by atoms with Crippen molar-refractivity contribution in [2.75, 3.05) is 13.1 Å². The van der Waals surface area contributed by atoms with Gasteiger partial charge in [0.25, 0.3) is 0 Å². The summed E-state index contributed by atoms with van der Waals surface area (Å²) in [6.07, 6.45) is 6.75. The first-order valence-corrected chi connectivity index (χ1v) is 7.91. The van der Waals surface area contributed by atoms with Crippen LogP contribution in [-0.2, 0) is 4.79 Å². The second-order valence-corrected chi connectivity index (χ2v) is 6.36. The molecule has 2 atom stereocenters. The summed E-state index contributed by atoms with van der Waals surface area (Å²) in [4.78, 5) is 26.1. The summed E-state index contributed by atoms with van der Waals surface area (Å²) in [6.45, 7) is 5.99. The third-order valence-electron chi connectivity index (χ3n) is 4.54. The number of nitrogens with zero attached hydrogens (tertiary/aromatic N) is 1. The van der Waals surface area contributed by atoms with Crippen molar-refractivity contribution in [1.82, 2.24) is 15.5 Å². The fraction of sp³-hybridized carbons (Fsp3) is 0.867. The molecule has 0 spiro atoms. The van der Waals surface area contributed by atoms with Crippen molar-refractivity contribution in [3.05, 3.63) is 0 Å². The Hall–Kier alpha value is -1.10. The largest absolute Gasteiger partial charge is 0.335 e. The van der Waals surface area contributed by atoms with E-state index in [2.05, 4.69) is 22.5 Å². The average molecular weight is 281 g/mol. The number of nitrogens with one attached hydrogen (secondary N) is 2. The van der Waals surface area contributed by atoms with E-state index < -0.39 is 0 Å². The van der Waals surface area contributed by atoms with Crippen molar-refractivity contribution in [2.45, 2.75) is 64.5 Å². The van der Waals surface area contributed by atoms with Crippen LogP contribution in [0.4, 0.5) is 4.79 Å². The molecule has 1 aliphatic carbocycles. The van der Waals surface area contributed by atoms with Crippen molar-refractivity contribution >= 4 is 11.9 Å². The van der Waals surface area contributed by atoms with Gasteiger partial charge in [0.1, 0.15) is 0 Å². The Morgan fingerprint density at radius 3 is 2.50 bits per heavy atom. The summed E-state index contributed by atoms with van der Waals surface area (Å²) in [7, 11) is 0. The number of hydrogen-bond donors (Lipinski definition) is 2. The van der Waals surface area contributed by atoms with Gasteiger partial charge in [-0.1, -0.05) is 19.8 Å². The van der Waals surface area contributed by atoms with Crippen LogP contribution in [0.5, 0.6) is 0 Å². The number of rotatable bonds is 3. The van der Waals surface area contributed by atoms with E-state index in [-0.39, 0.29) is 24.0 Å². The maximum Gasteiger partial charge on any atom is 0.321 e. The molecule has 3 amide bonds. The normalized spacial score (nSPS) is 26.2. The molecular formula is C15H27N3O2. The molecule has 1 saturated heterocycles. The molecule has 1 heterocycles. The highest BCUT2D eigenvalue weighted by atomic mass is 16.2. The number of amides is 3. The van der Waals surface area contributed by atoms with Gasteiger partial charge >= 0.3 is 6.03 Å². The molecule has 1 aliphatic heterocycles.